The van der Waals surface area contributed by atoms with Gasteiger partial charge in [-0.3, -0.25) is 29.9 Å². The van der Waals surface area contributed by atoms with Gasteiger partial charge in [-0.25, -0.2) is 15.0 Å². The molecular weight excluding hydrogens is 871 g/mol. The molecule has 0 saturated carbocycles. The summed E-state index contributed by atoms with van der Waals surface area (Å²) in [7, 11) is 0. The topological polar surface area (TPSA) is 116 Å². The summed E-state index contributed by atoms with van der Waals surface area (Å²) < 4.78 is 1.16. The molecule has 11 aromatic rings. The molecule has 9 nitrogen and oxygen atoms in total. The van der Waals surface area contributed by atoms with Crippen molar-refractivity contribution in [3.8, 4) is 33.3 Å². The number of hydrogen-bond acceptors (Lipinski definition) is 10. The minimum absolute atomic E-state index is 0. The van der Waals surface area contributed by atoms with Gasteiger partial charge in [0.15, 0.2) is 0 Å². The molecule has 0 radical (unpaired) electrons. The van der Waals surface area contributed by atoms with Crippen molar-refractivity contribution < 1.29 is 44.3 Å². The summed E-state index contributed by atoms with van der Waals surface area (Å²) in [6.07, 6.45) is 10.7. The third-order valence-electron chi connectivity index (χ3n) is 8.75. The van der Waals surface area contributed by atoms with E-state index in [4.69, 9.17) is 15.0 Å². The van der Waals surface area contributed by atoms with Crippen LogP contribution in [0, 0.1) is 0 Å². The fourth-order valence-electron chi connectivity index (χ4n) is 6.24. The number of aromatic nitrogens is 9. The number of fused-ring (bicyclic) bond motifs is 8. The van der Waals surface area contributed by atoms with Gasteiger partial charge in [0.25, 0.3) is 0 Å². The average Bonchev–Trinajstić information content (AvgIpc) is 3.72. The first-order valence-electron chi connectivity index (χ1n) is 17.5. The first-order valence-corrected chi connectivity index (χ1v) is 18.3. The largest absolute Gasteiger partial charge is 2.00 e. The zero-order valence-electron chi connectivity index (χ0n) is 30.3. The van der Waals surface area contributed by atoms with Gasteiger partial charge in [-0.15, -0.1) is 11.3 Å². The summed E-state index contributed by atoms with van der Waals surface area (Å²) >= 11 is 1.68. The van der Waals surface area contributed by atoms with Crippen molar-refractivity contribution in [2.45, 2.75) is 0 Å². The van der Waals surface area contributed by atoms with Crippen LogP contribution < -0.4 is 24.8 Å². The van der Waals surface area contributed by atoms with Gasteiger partial charge in [-0.1, -0.05) is 42.5 Å². The zero-order valence-corrected chi connectivity index (χ0v) is 34.4. The van der Waals surface area contributed by atoms with Gasteiger partial charge in [-0.2, -0.15) is 0 Å². The van der Waals surface area contributed by atoms with Crippen LogP contribution in [0.3, 0.4) is 0 Å². The molecule has 0 aliphatic rings. The van der Waals surface area contributed by atoms with Crippen LogP contribution in [0.4, 0.5) is 0 Å². The van der Waals surface area contributed by atoms with Crippen LogP contribution in [0.1, 0.15) is 0 Å². The molecule has 11 rings (SSSR count). The van der Waals surface area contributed by atoms with Crippen molar-refractivity contribution in [2.75, 3.05) is 0 Å². The van der Waals surface area contributed by atoms with Crippen LogP contribution in [-0.4, -0.2) is 44.9 Å². The van der Waals surface area contributed by atoms with Crippen LogP contribution in [0.5, 0.6) is 0 Å². The summed E-state index contributed by atoms with van der Waals surface area (Å²) in [5, 5.41) is 2.87. The van der Waals surface area contributed by atoms with Crippen LogP contribution in [-0.2, 0) is 19.5 Å². The molecular formula is C45H29Cl2N9RuS. The van der Waals surface area contributed by atoms with E-state index >= 15 is 0 Å². The Morgan fingerprint density at radius 3 is 1.26 bits per heavy atom. The molecule has 0 fully saturated rings. The number of rotatable bonds is 3. The zero-order chi connectivity index (χ0) is 36.8. The van der Waals surface area contributed by atoms with Crippen molar-refractivity contribution in [1.82, 2.24) is 44.9 Å². The molecule has 0 amide bonds. The maximum Gasteiger partial charge on any atom is 2.00 e. The van der Waals surface area contributed by atoms with Crippen LogP contribution in [0.15, 0.2) is 177 Å². The molecule has 58 heavy (non-hydrogen) atoms. The Bertz CT molecular complexity index is 2870. The van der Waals surface area contributed by atoms with E-state index < -0.39 is 0 Å². The number of thiazole rings is 1. The third-order valence-corrected chi connectivity index (χ3v) is 9.82. The first-order chi connectivity index (χ1) is 27.3. The smallest absolute Gasteiger partial charge is 1.00 e. The van der Waals surface area contributed by atoms with Crippen molar-refractivity contribution in [2.24, 2.45) is 0 Å². The number of benzene rings is 3. The Morgan fingerprint density at radius 2 is 0.776 bits per heavy atom. The van der Waals surface area contributed by atoms with E-state index in [1.54, 1.807) is 48.5 Å². The van der Waals surface area contributed by atoms with E-state index in [2.05, 4.69) is 42.0 Å². The maximum absolute atomic E-state index is 5.14. The molecule has 0 bridgehead atoms. The standard InChI is InChI=1S/C25H13N5S.2C10H8N2.2ClH.Ru/c1-2-11-19-17(9-1)29-25(31-19)16-6-3-10-18-20(16)30-24-15-8-5-13-27-22(15)21-14(23(24)28-18)7-4-12-26-21;2*1-3-7-11-9(5-1)10-6-2-4-8-12-10;;;/h1-13H;2*1-8H;2*1H;/q;;;;;+2/p-2. The van der Waals surface area contributed by atoms with Gasteiger partial charge in [0.05, 0.1) is 66.1 Å². The SMILES string of the molecule is [Cl-].[Cl-].[Ru+2].c1ccc(-c2ccccn2)nc1.c1ccc(-c2ccccn2)nc1.c1ccc2sc(-c3cccc4nc5c6cccnc6c6ncccc6c5nc34)nc2c1. The Balaban J connectivity index is 0.000000174. The van der Waals surface area contributed by atoms with E-state index in [1.165, 1.54) is 0 Å². The Hall–Kier alpha value is -6.23. The molecule has 3 aromatic carbocycles. The van der Waals surface area contributed by atoms with Crippen LogP contribution >= 0.6 is 11.3 Å². The predicted octanol–water partition coefficient (Wildman–Crippen LogP) is 4.45. The monoisotopic (exact) mass is 899 g/mol. The predicted molar refractivity (Wildman–Crippen MR) is 221 cm³/mol. The fourth-order valence-corrected chi connectivity index (χ4v) is 7.23. The molecule has 8 heterocycles. The molecule has 0 saturated heterocycles. The van der Waals surface area contributed by atoms with Crippen molar-refractivity contribution >= 4 is 65.4 Å². The Morgan fingerprint density at radius 1 is 0.328 bits per heavy atom. The van der Waals surface area contributed by atoms with Gasteiger partial charge >= 0.3 is 19.5 Å². The van der Waals surface area contributed by atoms with Crippen LogP contribution in [0.2, 0.25) is 0 Å². The fraction of sp³-hybridized carbons (Fsp3) is 0. The Labute approximate surface area is 362 Å². The van der Waals surface area contributed by atoms with Crippen molar-refractivity contribution in [1.29, 1.82) is 0 Å². The summed E-state index contributed by atoms with van der Waals surface area (Å²) in [6, 6.07) is 45.4. The average molecular weight is 900 g/mol. The number of hydrogen-bond donors (Lipinski definition) is 0. The molecule has 13 heteroatoms. The number of pyridine rings is 6. The van der Waals surface area contributed by atoms with Crippen molar-refractivity contribution in [3.63, 3.8) is 0 Å². The van der Waals surface area contributed by atoms with E-state index in [9.17, 15) is 0 Å². The molecule has 0 aliphatic heterocycles. The normalized spacial score (nSPS) is 10.3. The number of halogens is 2. The number of para-hydroxylation sites is 2. The molecule has 0 aliphatic carbocycles. The Kier molecular flexibility index (Phi) is 13.8. The van der Waals surface area contributed by atoms with Gasteiger partial charge < -0.3 is 24.8 Å². The quantitative estimate of drug-likeness (QED) is 0.144. The molecule has 0 N–H and O–H groups in total. The second kappa shape index (κ2) is 19.3. The minimum atomic E-state index is 0. The van der Waals surface area contributed by atoms with Crippen molar-refractivity contribution in [3.05, 3.63) is 177 Å². The summed E-state index contributed by atoms with van der Waals surface area (Å²) in [4.78, 5) is 41.0. The molecule has 8 aromatic heterocycles. The molecule has 0 atom stereocenters. The second-order valence-corrected chi connectivity index (χ2v) is 13.3. The number of nitrogens with zero attached hydrogens (tertiary/aromatic N) is 9. The van der Waals surface area contributed by atoms with E-state index in [0.29, 0.717) is 0 Å². The maximum atomic E-state index is 5.14. The molecule has 0 spiro atoms. The van der Waals surface area contributed by atoms with Crippen LogP contribution in [0.25, 0.3) is 87.4 Å². The molecule has 0 unspecified atom stereocenters. The third kappa shape index (κ3) is 8.68. The summed E-state index contributed by atoms with van der Waals surface area (Å²) in [5.41, 5.74) is 10.7. The van der Waals surface area contributed by atoms with Gasteiger partial charge in [0.1, 0.15) is 5.01 Å². The summed E-state index contributed by atoms with van der Waals surface area (Å²) in [5.74, 6) is 0. The van der Waals surface area contributed by atoms with Gasteiger partial charge in [0, 0.05) is 53.5 Å². The van der Waals surface area contributed by atoms with Gasteiger partial charge in [-0.05, 0) is 97.1 Å². The minimum Gasteiger partial charge on any atom is -1.00 e. The second-order valence-electron chi connectivity index (χ2n) is 12.2. The first kappa shape index (κ1) is 41.4. The molecule has 282 valence electrons. The van der Waals surface area contributed by atoms with Gasteiger partial charge in [0.2, 0.25) is 0 Å². The van der Waals surface area contributed by atoms with E-state index in [0.717, 1.165) is 87.4 Å². The summed E-state index contributed by atoms with van der Waals surface area (Å²) in [6.45, 7) is 0. The van der Waals surface area contributed by atoms with E-state index in [1.807, 2.05) is 127 Å². The van der Waals surface area contributed by atoms with E-state index in [-0.39, 0.29) is 44.3 Å².